The van der Waals surface area contributed by atoms with Gasteiger partial charge in [-0.1, -0.05) is 57.2 Å². The van der Waals surface area contributed by atoms with Gasteiger partial charge in [-0.3, -0.25) is 10.1 Å². The van der Waals surface area contributed by atoms with Crippen LogP contribution in [0.2, 0.25) is 18.1 Å². The molecular weight excluding hydrogens is 607 g/mol. The molecule has 1 heterocycles. The van der Waals surface area contributed by atoms with Gasteiger partial charge in [0.05, 0.1) is 0 Å². The maximum absolute atomic E-state index is 15.9. The molecule has 0 unspecified atom stereocenters. The van der Waals surface area contributed by atoms with Crippen molar-refractivity contribution in [1.82, 2.24) is 5.32 Å². The first-order chi connectivity index (χ1) is 16.6. The van der Waals surface area contributed by atoms with E-state index in [1.165, 1.54) is 52.9 Å². The lowest BCUT2D eigenvalue weighted by Gasteiger charge is -2.42. The van der Waals surface area contributed by atoms with Crippen LogP contribution < -0.4 is 5.32 Å². The summed E-state index contributed by atoms with van der Waals surface area (Å²) in [7, 11) is -2.62. The highest BCUT2D eigenvalue weighted by Crippen LogP contribution is 2.48. The minimum Gasteiger partial charge on any atom is -0.452 e. The number of alkyl halides is 4. The quantitative estimate of drug-likeness (QED) is 0.128. The molecule has 11 heteroatoms. The molecule has 0 aliphatic carbocycles. The lowest BCUT2D eigenvalue weighted by Crippen LogP contribution is -2.59. The van der Waals surface area contributed by atoms with Crippen molar-refractivity contribution >= 4 is 42.8 Å². The molecule has 0 radical (unpaired) electrons. The highest BCUT2D eigenvalue weighted by Gasteiger charge is 2.59. The Morgan fingerprint density at radius 1 is 1.14 bits per heavy atom. The molecule has 1 aliphatic rings. The lowest BCUT2D eigenvalue weighted by molar-refractivity contribution is -0.160. The maximum Gasteiger partial charge on any atom is 0.308 e. The van der Waals surface area contributed by atoms with Crippen LogP contribution in [0.15, 0.2) is 59.6 Å². The molecule has 2 aromatic carbocycles. The van der Waals surface area contributed by atoms with E-state index in [1.807, 2.05) is 20.8 Å². The zero-order valence-electron chi connectivity index (χ0n) is 20.6. The van der Waals surface area contributed by atoms with Crippen LogP contribution in [0.1, 0.15) is 36.7 Å². The van der Waals surface area contributed by atoms with Crippen LogP contribution >= 0.6 is 22.6 Å². The van der Waals surface area contributed by atoms with Gasteiger partial charge in [0.2, 0.25) is 6.10 Å². The minimum absolute atomic E-state index is 0.209. The first kappa shape index (κ1) is 28.6. The third-order valence-corrected chi connectivity index (χ3v) is 12.4. The van der Waals surface area contributed by atoms with Crippen molar-refractivity contribution in [3.8, 4) is 0 Å². The molecule has 0 spiro atoms. The van der Waals surface area contributed by atoms with Gasteiger partial charge in [0.1, 0.15) is 12.4 Å². The second kappa shape index (κ2) is 10.4. The fourth-order valence-corrected chi connectivity index (χ4v) is 5.23. The second-order valence-corrected chi connectivity index (χ2v) is 16.6. The predicted octanol–water partition coefficient (Wildman–Crippen LogP) is 6.59. The van der Waals surface area contributed by atoms with Crippen molar-refractivity contribution in [3.63, 3.8) is 0 Å². The number of carbonyl (C=O) groups is 1. The average Bonchev–Trinajstić information content (AvgIpc) is 2.80. The molecule has 36 heavy (non-hydrogen) atoms. The van der Waals surface area contributed by atoms with Gasteiger partial charge >= 0.3 is 5.92 Å². The summed E-state index contributed by atoms with van der Waals surface area (Å²) >= 11 is 1.50. The summed E-state index contributed by atoms with van der Waals surface area (Å²) in [5.74, 6) is -5.35. The van der Waals surface area contributed by atoms with Crippen LogP contribution in [0.5, 0.6) is 0 Å². The molecule has 3 atom stereocenters. The first-order valence-corrected chi connectivity index (χ1v) is 15.3. The molecule has 5 nitrogen and oxygen atoms in total. The second-order valence-electron chi connectivity index (χ2n) is 10.1. The summed E-state index contributed by atoms with van der Waals surface area (Å²) in [5.41, 5.74) is -0.0420. The van der Waals surface area contributed by atoms with E-state index in [4.69, 9.17) is 9.16 Å². The molecular formula is C25H29F4IN2O3Si. The summed E-state index contributed by atoms with van der Waals surface area (Å²) in [5, 5.41) is 1.97. The van der Waals surface area contributed by atoms with Crippen molar-refractivity contribution < 1.29 is 31.5 Å². The van der Waals surface area contributed by atoms with E-state index in [1.54, 1.807) is 31.3 Å². The van der Waals surface area contributed by atoms with E-state index >= 15 is 13.2 Å². The van der Waals surface area contributed by atoms with Crippen LogP contribution in [0.4, 0.5) is 17.6 Å². The van der Waals surface area contributed by atoms with Crippen molar-refractivity contribution in [1.29, 1.82) is 0 Å². The number of ether oxygens (including phenoxy) is 1. The van der Waals surface area contributed by atoms with Gasteiger partial charge in [-0.05, 0) is 58.9 Å². The molecule has 0 bridgehead atoms. The fraction of sp³-hybridized carbons (Fsp3) is 0.440. The van der Waals surface area contributed by atoms with Gasteiger partial charge in [-0.25, -0.2) is 13.8 Å². The molecule has 0 saturated heterocycles. The zero-order valence-corrected chi connectivity index (χ0v) is 23.8. The van der Waals surface area contributed by atoms with E-state index in [-0.39, 0.29) is 16.2 Å². The molecule has 0 saturated carbocycles. The smallest absolute Gasteiger partial charge is 0.308 e. The highest BCUT2D eigenvalue weighted by molar-refractivity contribution is 14.1. The van der Waals surface area contributed by atoms with Gasteiger partial charge in [-0.15, -0.1) is 0 Å². The Kier molecular flexibility index (Phi) is 8.26. The van der Waals surface area contributed by atoms with Gasteiger partial charge in [-0.2, -0.15) is 8.78 Å². The van der Waals surface area contributed by atoms with E-state index in [0.29, 0.717) is 0 Å². The van der Waals surface area contributed by atoms with E-state index in [9.17, 15) is 9.18 Å². The van der Waals surface area contributed by atoms with Crippen molar-refractivity contribution in [2.24, 2.45) is 4.99 Å². The molecule has 1 aliphatic heterocycles. The fourth-order valence-electron chi connectivity index (χ4n) is 3.26. The Morgan fingerprint density at radius 2 is 1.72 bits per heavy atom. The number of halogens is 5. The zero-order chi connectivity index (χ0) is 26.9. The summed E-state index contributed by atoms with van der Waals surface area (Å²) in [6, 6.07) is 12.5. The minimum atomic E-state index is -3.82. The average molecular weight is 637 g/mol. The number of rotatable bonds is 6. The normalized spacial score (nSPS) is 23.0. The summed E-state index contributed by atoms with van der Waals surface area (Å²) in [6.07, 6.45) is -4.87. The van der Waals surface area contributed by atoms with E-state index in [0.717, 1.165) is 6.07 Å². The van der Waals surface area contributed by atoms with Crippen LogP contribution in [0.3, 0.4) is 0 Å². The predicted molar refractivity (Wildman–Crippen MR) is 141 cm³/mol. The molecule has 196 valence electrons. The van der Waals surface area contributed by atoms with Gasteiger partial charge in [0.15, 0.2) is 18.0 Å². The third kappa shape index (κ3) is 5.93. The van der Waals surface area contributed by atoms with Crippen molar-refractivity contribution in [2.75, 3.05) is 6.61 Å². The van der Waals surface area contributed by atoms with Gasteiger partial charge < -0.3 is 9.16 Å². The Bertz CT molecular complexity index is 1130. The molecule has 2 aromatic rings. The number of nitrogens with zero attached hydrogens (tertiary/aromatic N) is 1. The highest BCUT2D eigenvalue weighted by atomic mass is 127. The van der Waals surface area contributed by atoms with E-state index < -0.39 is 54.4 Å². The number of amidine groups is 1. The number of hydrogen-bond donors (Lipinski definition) is 1. The monoisotopic (exact) mass is 636 g/mol. The summed E-state index contributed by atoms with van der Waals surface area (Å²) < 4.78 is 70.5. The molecule has 0 fully saturated rings. The SMILES string of the molecule is CC(C)(C)[Si](C)(C)OCC(F)(F)[C@H]1OC(NC(=O)c2ccccc2)=N[C@](I)(c2ccccc2F)[C@H]1F. The van der Waals surface area contributed by atoms with Crippen LogP contribution in [0.25, 0.3) is 0 Å². The molecule has 1 N–H and O–H groups in total. The topological polar surface area (TPSA) is 59.9 Å². The first-order valence-electron chi connectivity index (χ1n) is 11.3. The standard InChI is InChI=1S/C25H29F4IN2O3Si/c1-23(2,3)36(4,5)34-15-24(28,29)20-19(27)25(30,17-13-9-10-14-18(17)26)32-22(35-20)31-21(33)16-11-7-6-8-12-16/h6-14,19-20H,15H2,1-5H3,(H,31,32,33)/t19-,20-,25+/m0/s1. The molecule has 0 aromatic heterocycles. The lowest BCUT2D eigenvalue weighted by atomic mass is 9.94. The number of amides is 1. The molecule has 1 amide bonds. The third-order valence-electron chi connectivity index (χ3n) is 6.49. The largest absolute Gasteiger partial charge is 0.452 e. The Hall–Kier alpha value is -1.99. The van der Waals surface area contributed by atoms with Crippen LogP contribution in [-0.4, -0.2) is 45.1 Å². The van der Waals surface area contributed by atoms with Gasteiger partial charge in [0, 0.05) is 11.1 Å². The summed E-state index contributed by atoms with van der Waals surface area (Å²) in [4.78, 5) is 16.8. The maximum atomic E-state index is 15.9. The Morgan fingerprint density at radius 3 is 2.31 bits per heavy atom. The van der Waals surface area contributed by atoms with Crippen molar-refractivity contribution in [2.45, 2.75) is 60.6 Å². The number of aliphatic imine (C=N–C) groups is 1. The number of benzene rings is 2. The molecule has 3 rings (SSSR count). The van der Waals surface area contributed by atoms with Crippen LogP contribution in [-0.2, 0) is 12.7 Å². The number of hydrogen-bond acceptors (Lipinski definition) is 4. The van der Waals surface area contributed by atoms with Gasteiger partial charge in [0.25, 0.3) is 11.9 Å². The van der Waals surface area contributed by atoms with E-state index in [2.05, 4.69) is 10.3 Å². The van der Waals surface area contributed by atoms with Crippen LogP contribution in [0, 0.1) is 5.82 Å². The number of nitrogens with one attached hydrogen (secondary N) is 1. The Labute approximate surface area is 222 Å². The Balaban J connectivity index is 1.99. The summed E-state index contributed by atoms with van der Waals surface area (Å²) in [6.45, 7) is 8.18. The number of carbonyl (C=O) groups excluding carboxylic acids is 1. The van der Waals surface area contributed by atoms with Crippen molar-refractivity contribution in [3.05, 3.63) is 71.5 Å².